The summed E-state index contributed by atoms with van der Waals surface area (Å²) in [4.78, 5) is 13.8. The normalized spacial score (nSPS) is 19.0. The molecule has 1 saturated carbocycles. The summed E-state index contributed by atoms with van der Waals surface area (Å²) in [5, 5.41) is 18.7. The van der Waals surface area contributed by atoms with Gasteiger partial charge in [0.1, 0.15) is 0 Å². The topological polar surface area (TPSA) is 105 Å². The molecule has 0 spiro atoms. The van der Waals surface area contributed by atoms with Crippen molar-refractivity contribution >= 4 is 45.6 Å². The predicted octanol–water partition coefficient (Wildman–Crippen LogP) is 7.02. The zero-order chi connectivity index (χ0) is 29.7. The molecule has 5 N–H and O–H groups in total. The van der Waals surface area contributed by atoms with Crippen LogP contribution >= 0.6 is 34.0 Å². The first-order valence-electron chi connectivity index (χ1n) is 14.5. The minimum absolute atomic E-state index is 0.240. The molecule has 2 aliphatic rings. The number of amides is 1. The van der Waals surface area contributed by atoms with E-state index in [0.29, 0.717) is 58.9 Å². The van der Waals surface area contributed by atoms with Gasteiger partial charge in [-0.2, -0.15) is 0 Å². The number of nitrogens with one attached hydrogen (secondary N) is 2. The third-order valence-electron chi connectivity index (χ3n) is 8.13. The lowest BCUT2D eigenvalue weighted by atomic mass is 9.94. The molecule has 1 saturated heterocycles. The fraction of sp³-hybridized carbons (Fsp3) is 0.406. The number of anilines is 1. The van der Waals surface area contributed by atoms with Crippen molar-refractivity contribution in [3.8, 4) is 0 Å². The summed E-state index contributed by atoms with van der Waals surface area (Å²) < 4.78 is 23.0. The van der Waals surface area contributed by atoms with Crippen LogP contribution in [0.2, 0.25) is 10.0 Å². The molecule has 5 rings (SSSR count). The summed E-state index contributed by atoms with van der Waals surface area (Å²) in [5.74, 6) is 0.381. The molecule has 1 amide bonds. The lowest BCUT2D eigenvalue weighted by Crippen LogP contribution is -2.48. The molecule has 1 aliphatic heterocycles. The molecule has 3 aromatic carbocycles. The van der Waals surface area contributed by atoms with Gasteiger partial charge >= 0.3 is 0 Å². The number of hydrogen-bond acceptors (Lipinski definition) is 6. The van der Waals surface area contributed by atoms with E-state index in [-0.39, 0.29) is 12.5 Å². The Labute approximate surface area is 259 Å². The highest BCUT2D eigenvalue weighted by atomic mass is 35.5. The van der Waals surface area contributed by atoms with Crippen LogP contribution in [0.3, 0.4) is 0 Å². The van der Waals surface area contributed by atoms with Crippen molar-refractivity contribution < 1.29 is 19.0 Å². The minimum atomic E-state index is -2.90. The molecule has 1 heterocycles. The molecular formula is C32H39Cl2N3O4S. The standard InChI is InChI=1S/C32H39Cl2N3O4S/c33-27-13-23(14-28(34)19-27)20-35-21-31(38)30(15-22-7-2-1-3-8-22)36-32(39)26-16-25(24-9-4-5-10-24)17-29(18-26)37-11-6-12-42(37,40)41/h1-3,7-8,13-14,16-19,24,30-31,35,38,40-41H,4-6,9-12,15,20-21H2,(H,36,39)/t30-,31+/m0/s1. The van der Waals surface area contributed by atoms with Crippen LogP contribution in [0.5, 0.6) is 0 Å². The van der Waals surface area contributed by atoms with Crippen LogP contribution in [-0.4, -0.2) is 51.1 Å². The molecular weight excluding hydrogens is 593 g/mol. The molecule has 0 radical (unpaired) electrons. The van der Waals surface area contributed by atoms with E-state index in [9.17, 15) is 19.0 Å². The highest BCUT2D eigenvalue weighted by Gasteiger charge is 2.31. The molecule has 0 unspecified atom stereocenters. The Balaban J connectivity index is 1.35. The Bertz CT molecular complexity index is 1350. The first kappa shape index (κ1) is 31.1. The summed E-state index contributed by atoms with van der Waals surface area (Å²) in [6.07, 6.45) is 4.66. The van der Waals surface area contributed by atoms with E-state index < -0.39 is 22.9 Å². The second-order valence-electron chi connectivity index (χ2n) is 11.3. The van der Waals surface area contributed by atoms with Gasteiger partial charge in [-0.05, 0) is 84.7 Å². The van der Waals surface area contributed by atoms with Crippen LogP contribution in [0.25, 0.3) is 0 Å². The third-order valence-corrected chi connectivity index (χ3v) is 10.5. The van der Waals surface area contributed by atoms with E-state index >= 15 is 0 Å². The highest BCUT2D eigenvalue weighted by Crippen LogP contribution is 2.51. The van der Waals surface area contributed by atoms with Gasteiger partial charge in [0.2, 0.25) is 0 Å². The molecule has 1 aliphatic carbocycles. The molecule has 2 atom stereocenters. The fourth-order valence-corrected chi connectivity index (χ4v) is 8.16. The second-order valence-corrected chi connectivity index (χ2v) is 14.3. The molecule has 10 heteroatoms. The van der Waals surface area contributed by atoms with Gasteiger partial charge in [0, 0.05) is 35.2 Å². The number of hydrogen-bond donors (Lipinski definition) is 5. The largest absolute Gasteiger partial charge is 0.390 e. The number of carbonyl (C=O) groups is 1. The van der Waals surface area contributed by atoms with E-state index in [1.807, 2.05) is 54.6 Å². The Morgan fingerprint density at radius 1 is 0.952 bits per heavy atom. The predicted molar refractivity (Wildman–Crippen MR) is 173 cm³/mol. The number of halogens is 2. The van der Waals surface area contributed by atoms with Crippen LogP contribution < -0.4 is 14.9 Å². The van der Waals surface area contributed by atoms with Gasteiger partial charge in [0.05, 0.1) is 23.6 Å². The number of nitrogens with zero attached hydrogens (tertiary/aromatic N) is 1. The highest BCUT2D eigenvalue weighted by molar-refractivity contribution is 8.25. The molecule has 0 aromatic heterocycles. The summed E-state index contributed by atoms with van der Waals surface area (Å²) >= 11 is 12.3. The van der Waals surface area contributed by atoms with Crippen LogP contribution in [-0.2, 0) is 13.0 Å². The molecule has 7 nitrogen and oxygen atoms in total. The second kappa shape index (κ2) is 14.0. The van der Waals surface area contributed by atoms with E-state index in [1.54, 1.807) is 16.4 Å². The van der Waals surface area contributed by atoms with Gasteiger partial charge in [-0.1, -0.05) is 66.4 Å². The lowest BCUT2D eigenvalue weighted by Gasteiger charge is -2.38. The molecule has 2 fully saturated rings. The van der Waals surface area contributed by atoms with E-state index in [0.717, 1.165) is 42.4 Å². The number of rotatable bonds is 11. The van der Waals surface area contributed by atoms with Gasteiger partial charge in [0.25, 0.3) is 5.91 Å². The zero-order valence-corrected chi connectivity index (χ0v) is 25.8. The maximum atomic E-state index is 13.8. The minimum Gasteiger partial charge on any atom is -0.390 e. The Morgan fingerprint density at radius 2 is 1.67 bits per heavy atom. The molecule has 3 aromatic rings. The van der Waals surface area contributed by atoms with Crippen LogP contribution in [0.15, 0.2) is 66.7 Å². The van der Waals surface area contributed by atoms with Crippen LogP contribution in [0, 0.1) is 0 Å². The van der Waals surface area contributed by atoms with Gasteiger partial charge in [0.15, 0.2) is 0 Å². The molecule has 0 bridgehead atoms. The van der Waals surface area contributed by atoms with Gasteiger partial charge in [-0.3, -0.25) is 18.2 Å². The van der Waals surface area contributed by atoms with Crippen molar-refractivity contribution in [3.05, 3.63) is 99.0 Å². The van der Waals surface area contributed by atoms with Crippen LogP contribution in [0.1, 0.15) is 65.1 Å². The average Bonchev–Trinajstić information content (AvgIpc) is 3.62. The monoisotopic (exact) mass is 631 g/mol. The smallest absolute Gasteiger partial charge is 0.251 e. The van der Waals surface area contributed by atoms with E-state index in [1.165, 1.54) is 0 Å². The van der Waals surface area contributed by atoms with Gasteiger partial charge in [-0.15, -0.1) is 10.8 Å². The maximum Gasteiger partial charge on any atom is 0.251 e. The number of aliphatic hydroxyl groups is 1. The van der Waals surface area contributed by atoms with Crippen molar-refractivity contribution in [2.24, 2.45) is 0 Å². The SMILES string of the molecule is O=C(N[C@@H](Cc1ccccc1)[C@H](O)CNCc1cc(Cl)cc(Cl)c1)c1cc(C2CCCC2)cc(N2CCCS2(O)O)c1. The number of benzene rings is 3. The summed E-state index contributed by atoms with van der Waals surface area (Å²) in [6, 6.07) is 20.2. The molecule has 42 heavy (non-hydrogen) atoms. The summed E-state index contributed by atoms with van der Waals surface area (Å²) in [7, 11) is -2.90. The van der Waals surface area contributed by atoms with Gasteiger partial charge in [-0.25, -0.2) is 0 Å². The number of aliphatic hydroxyl groups excluding tert-OH is 1. The van der Waals surface area contributed by atoms with Crippen molar-refractivity contribution in [2.75, 3.05) is 23.1 Å². The van der Waals surface area contributed by atoms with E-state index in [2.05, 4.69) is 10.6 Å². The van der Waals surface area contributed by atoms with Crippen LogP contribution in [0.4, 0.5) is 5.69 Å². The summed E-state index contributed by atoms with van der Waals surface area (Å²) in [5.41, 5.74) is 4.08. The average molecular weight is 633 g/mol. The van der Waals surface area contributed by atoms with Crippen molar-refractivity contribution in [1.82, 2.24) is 10.6 Å². The van der Waals surface area contributed by atoms with E-state index in [4.69, 9.17) is 23.2 Å². The Morgan fingerprint density at radius 3 is 2.33 bits per heavy atom. The number of carbonyl (C=O) groups excluding carboxylic acids is 1. The Hall–Kier alpha value is -2.30. The Kier molecular flexibility index (Phi) is 10.4. The van der Waals surface area contributed by atoms with Crippen molar-refractivity contribution in [2.45, 2.75) is 63.1 Å². The fourth-order valence-electron chi connectivity index (χ4n) is 5.98. The van der Waals surface area contributed by atoms with Crippen molar-refractivity contribution in [1.29, 1.82) is 0 Å². The zero-order valence-electron chi connectivity index (χ0n) is 23.5. The third kappa shape index (κ3) is 7.99. The first-order valence-corrected chi connectivity index (χ1v) is 17.0. The lowest BCUT2D eigenvalue weighted by molar-refractivity contribution is 0.0830. The first-order chi connectivity index (χ1) is 20.2. The molecule has 226 valence electrons. The maximum absolute atomic E-state index is 13.8. The quantitative estimate of drug-likeness (QED) is 0.156. The van der Waals surface area contributed by atoms with Crippen molar-refractivity contribution in [3.63, 3.8) is 0 Å². The van der Waals surface area contributed by atoms with Gasteiger partial charge < -0.3 is 15.7 Å². The summed E-state index contributed by atoms with van der Waals surface area (Å²) in [6.45, 7) is 1.23.